The first-order valence-corrected chi connectivity index (χ1v) is 6.77. The molecule has 0 aliphatic rings. The summed E-state index contributed by atoms with van der Waals surface area (Å²) in [7, 11) is 0. The average Bonchev–Trinajstić information content (AvgIpc) is 3.12. The third-order valence-electron chi connectivity index (χ3n) is 3.54. The molecule has 0 fully saturated rings. The Morgan fingerprint density at radius 2 is 2.30 bits per heavy atom. The van der Waals surface area contributed by atoms with E-state index >= 15 is 0 Å². The fourth-order valence-corrected chi connectivity index (χ4v) is 2.43. The van der Waals surface area contributed by atoms with Crippen molar-refractivity contribution in [1.82, 2.24) is 24.7 Å². The normalized spacial score (nSPS) is 12.9. The van der Waals surface area contributed by atoms with E-state index in [4.69, 9.17) is 5.11 Å². The molecule has 0 aromatic carbocycles. The summed E-state index contributed by atoms with van der Waals surface area (Å²) in [6.07, 6.45) is 8.85. The maximum Gasteiger partial charge on any atom is 0.141 e. The van der Waals surface area contributed by atoms with Crippen LogP contribution in [0.3, 0.4) is 0 Å². The predicted octanol–water partition coefficient (Wildman–Crippen LogP) is 2.15. The Morgan fingerprint density at radius 3 is 3.10 bits per heavy atom. The van der Waals surface area contributed by atoms with Crippen LogP contribution in [0.4, 0.5) is 0 Å². The zero-order valence-electron chi connectivity index (χ0n) is 11.3. The van der Waals surface area contributed by atoms with Crippen molar-refractivity contribution in [3.8, 4) is 11.3 Å². The Morgan fingerprint density at radius 1 is 1.40 bits per heavy atom. The van der Waals surface area contributed by atoms with Crippen LogP contribution in [-0.2, 0) is 0 Å². The molecule has 6 heteroatoms. The van der Waals surface area contributed by atoms with Gasteiger partial charge in [-0.25, -0.2) is 9.97 Å². The van der Waals surface area contributed by atoms with Crippen molar-refractivity contribution in [2.75, 3.05) is 6.61 Å². The van der Waals surface area contributed by atoms with E-state index in [1.807, 2.05) is 29.3 Å². The molecule has 0 radical (unpaired) electrons. The molecule has 0 amide bonds. The van der Waals surface area contributed by atoms with Crippen LogP contribution in [0.1, 0.15) is 25.8 Å². The van der Waals surface area contributed by atoms with Crippen LogP contribution >= 0.6 is 0 Å². The van der Waals surface area contributed by atoms with E-state index in [9.17, 15) is 0 Å². The summed E-state index contributed by atoms with van der Waals surface area (Å²) in [5.41, 5.74) is 2.67. The van der Waals surface area contributed by atoms with E-state index in [2.05, 4.69) is 27.0 Å². The number of H-pyrrole nitrogens is 1. The summed E-state index contributed by atoms with van der Waals surface area (Å²) in [5, 5.41) is 14.5. The summed E-state index contributed by atoms with van der Waals surface area (Å²) in [6.45, 7) is 2.26. The van der Waals surface area contributed by atoms with Crippen molar-refractivity contribution in [3.05, 3.63) is 31.0 Å². The lowest BCUT2D eigenvalue weighted by Crippen LogP contribution is -2.10. The lowest BCUT2D eigenvalue weighted by molar-refractivity contribution is 0.248. The Labute approximate surface area is 116 Å². The van der Waals surface area contributed by atoms with Gasteiger partial charge in [0.25, 0.3) is 0 Å². The number of rotatable bonds is 5. The molecule has 2 N–H and O–H groups in total. The quantitative estimate of drug-likeness (QED) is 0.745. The molecule has 3 aromatic rings. The van der Waals surface area contributed by atoms with Gasteiger partial charge in [0.05, 0.1) is 17.9 Å². The van der Waals surface area contributed by atoms with Crippen LogP contribution in [-0.4, -0.2) is 36.4 Å². The number of aliphatic hydroxyl groups excluding tert-OH is 1. The fourth-order valence-electron chi connectivity index (χ4n) is 2.43. The van der Waals surface area contributed by atoms with Gasteiger partial charge in [-0.2, -0.15) is 5.10 Å². The molecule has 0 aliphatic heterocycles. The molecule has 1 atom stereocenters. The molecule has 0 aliphatic carbocycles. The van der Waals surface area contributed by atoms with Gasteiger partial charge in [-0.1, -0.05) is 6.92 Å². The van der Waals surface area contributed by atoms with Gasteiger partial charge in [0.2, 0.25) is 0 Å². The number of fused-ring (bicyclic) bond motifs is 1. The molecule has 3 rings (SSSR count). The topological polar surface area (TPSA) is 79.6 Å². The fraction of sp³-hybridized carbons (Fsp3) is 0.357. The molecule has 1 unspecified atom stereocenters. The number of hydrogen-bond donors (Lipinski definition) is 2. The largest absolute Gasteiger partial charge is 0.396 e. The van der Waals surface area contributed by atoms with E-state index in [1.54, 1.807) is 6.33 Å². The second kappa shape index (κ2) is 5.42. The molecular formula is C14H17N5O. The van der Waals surface area contributed by atoms with Crippen molar-refractivity contribution in [2.45, 2.75) is 25.8 Å². The molecule has 20 heavy (non-hydrogen) atoms. The number of aromatic nitrogens is 5. The summed E-state index contributed by atoms with van der Waals surface area (Å²) < 4.78 is 1.91. The zero-order chi connectivity index (χ0) is 13.9. The molecule has 104 valence electrons. The smallest absolute Gasteiger partial charge is 0.141 e. The second-order valence-corrected chi connectivity index (χ2v) is 4.75. The zero-order valence-corrected chi connectivity index (χ0v) is 11.3. The highest BCUT2D eigenvalue weighted by Gasteiger charge is 2.13. The van der Waals surface area contributed by atoms with Crippen LogP contribution < -0.4 is 0 Å². The van der Waals surface area contributed by atoms with Gasteiger partial charge >= 0.3 is 0 Å². The number of aromatic amines is 1. The minimum Gasteiger partial charge on any atom is -0.396 e. The Balaban J connectivity index is 1.99. The standard InChI is InChI=1S/C14H17N5O/c1-2-11(4-6-20)19-8-10(7-18-19)13-12-3-5-15-14(12)17-9-16-13/h3,5,7-9,11,20H,2,4,6H2,1H3,(H,15,16,17). The Kier molecular flexibility index (Phi) is 3.47. The molecule has 3 aromatic heterocycles. The summed E-state index contributed by atoms with van der Waals surface area (Å²) in [4.78, 5) is 11.6. The number of aliphatic hydroxyl groups is 1. The maximum atomic E-state index is 9.10. The van der Waals surface area contributed by atoms with Gasteiger partial charge < -0.3 is 10.1 Å². The maximum absolute atomic E-state index is 9.10. The van der Waals surface area contributed by atoms with Gasteiger partial charge in [-0.3, -0.25) is 4.68 Å². The number of nitrogens with zero attached hydrogens (tertiary/aromatic N) is 4. The SMILES string of the molecule is CCC(CCO)n1cc(-c2ncnc3[nH]ccc23)cn1. The van der Waals surface area contributed by atoms with Crippen LogP contribution in [0.5, 0.6) is 0 Å². The van der Waals surface area contributed by atoms with Crippen LogP contribution in [0.25, 0.3) is 22.3 Å². The molecule has 0 saturated heterocycles. The van der Waals surface area contributed by atoms with Crippen molar-refractivity contribution >= 4 is 11.0 Å². The van der Waals surface area contributed by atoms with E-state index in [0.717, 1.165) is 28.7 Å². The number of nitrogens with one attached hydrogen (secondary N) is 1. The highest BCUT2D eigenvalue weighted by Crippen LogP contribution is 2.25. The van der Waals surface area contributed by atoms with Gasteiger partial charge in [0.15, 0.2) is 0 Å². The lowest BCUT2D eigenvalue weighted by Gasteiger charge is -2.13. The van der Waals surface area contributed by atoms with E-state index in [-0.39, 0.29) is 12.6 Å². The highest BCUT2D eigenvalue weighted by molar-refractivity contribution is 5.89. The molecule has 0 bridgehead atoms. The highest BCUT2D eigenvalue weighted by atomic mass is 16.3. The first-order chi connectivity index (χ1) is 9.83. The van der Waals surface area contributed by atoms with Gasteiger partial charge in [0, 0.05) is 30.0 Å². The first kappa shape index (κ1) is 12.8. The molecule has 6 nitrogen and oxygen atoms in total. The summed E-state index contributed by atoms with van der Waals surface area (Å²) >= 11 is 0. The van der Waals surface area contributed by atoms with Crippen LogP contribution in [0.2, 0.25) is 0 Å². The molecular weight excluding hydrogens is 254 g/mol. The van der Waals surface area contributed by atoms with Gasteiger partial charge in [-0.05, 0) is 18.9 Å². The minimum atomic E-state index is 0.170. The van der Waals surface area contributed by atoms with Gasteiger partial charge in [-0.15, -0.1) is 0 Å². The predicted molar refractivity (Wildman–Crippen MR) is 76.1 cm³/mol. The van der Waals surface area contributed by atoms with E-state index < -0.39 is 0 Å². The van der Waals surface area contributed by atoms with E-state index in [0.29, 0.717) is 6.42 Å². The average molecular weight is 271 g/mol. The van der Waals surface area contributed by atoms with Crippen molar-refractivity contribution < 1.29 is 5.11 Å². The Bertz CT molecular complexity index is 702. The monoisotopic (exact) mass is 271 g/mol. The lowest BCUT2D eigenvalue weighted by atomic mass is 10.1. The van der Waals surface area contributed by atoms with Crippen molar-refractivity contribution in [2.24, 2.45) is 0 Å². The summed E-state index contributed by atoms with van der Waals surface area (Å²) in [5.74, 6) is 0. The Hall–Kier alpha value is -2.21. The molecule has 3 heterocycles. The first-order valence-electron chi connectivity index (χ1n) is 6.77. The number of hydrogen-bond acceptors (Lipinski definition) is 4. The van der Waals surface area contributed by atoms with E-state index in [1.165, 1.54) is 0 Å². The van der Waals surface area contributed by atoms with Crippen LogP contribution in [0, 0.1) is 0 Å². The summed E-state index contributed by atoms with van der Waals surface area (Å²) in [6, 6.07) is 2.19. The minimum absolute atomic E-state index is 0.170. The van der Waals surface area contributed by atoms with Crippen molar-refractivity contribution in [1.29, 1.82) is 0 Å². The molecule has 0 spiro atoms. The third-order valence-corrected chi connectivity index (χ3v) is 3.54. The molecule has 0 saturated carbocycles. The van der Waals surface area contributed by atoms with Crippen LogP contribution in [0.15, 0.2) is 31.0 Å². The second-order valence-electron chi connectivity index (χ2n) is 4.75. The third kappa shape index (κ3) is 2.18. The van der Waals surface area contributed by atoms with Gasteiger partial charge in [0.1, 0.15) is 12.0 Å². The van der Waals surface area contributed by atoms with Crippen molar-refractivity contribution in [3.63, 3.8) is 0 Å².